The van der Waals surface area contributed by atoms with Crippen LogP contribution in [-0.4, -0.2) is 44.4 Å². The molecule has 21 heavy (non-hydrogen) atoms. The molecule has 1 fully saturated rings. The van der Waals surface area contributed by atoms with Crippen LogP contribution < -0.4 is 10.6 Å². The molecule has 6 heteroatoms. The predicted octanol–water partition coefficient (Wildman–Crippen LogP) is 1.69. The fourth-order valence-corrected chi connectivity index (χ4v) is 2.53. The zero-order chi connectivity index (χ0) is 15.9. The minimum atomic E-state index is -0.499. The second-order valence-electron chi connectivity index (χ2n) is 6.51. The molecule has 1 amide bonds. The molecule has 0 aliphatic carbocycles. The molecule has 1 saturated heterocycles. The number of hydrogen-bond donors (Lipinski definition) is 2. The van der Waals surface area contributed by atoms with Crippen molar-refractivity contribution in [2.24, 2.45) is 11.8 Å². The van der Waals surface area contributed by atoms with Crippen molar-refractivity contribution in [3.63, 3.8) is 0 Å². The van der Waals surface area contributed by atoms with Crippen molar-refractivity contribution in [1.29, 1.82) is 0 Å². The van der Waals surface area contributed by atoms with E-state index in [1.165, 1.54) is 7.11 Å². The van der Waals surface area contributed by atoms with Crippen LogP contribution in [0.3, 0.4) is 0 Å². The van der Waals surface area contributed by atoms with Crippen LogP contribution in [0.25, 0.3) is 0 Å². The first kappa shape index (κ1) is 17.8. The number of amides is 1. The summed E-state index contributed by atoms with van der Waals surface area (Å²) in [5.74, 6) is 0.290. The summed E-state index contributed by atoms with van der Waals surface area (Å²) in [6.07, 6.45) is 1.84. The van der Waals surface area contributed by atoms with Crippen molar-refractivity contribution < 1.29 is 19.1 Å². The van der Waals surface area contributed by atoms with Gasteiger partial charge in [-0.2, -0.15) is 0 Å². The third-order valence-corrected chi connectivity index (χ3v) is 3.61. The molecule has 0 bridgehead atoms. The normalized spacial score (nSPS) is 23.0. The maximum absolute atomic E-state index is 11.7. The highest BCUT2D eigenvalue weighted by molar-refractivity contribution is 5.69. The van der Waals surface area contributed by atoms with Crippen LogP contribution in [0.1, 0.15) is 40.0 Å². The van der Waals surface area contributed by atoms with Gasteiger partial charge in [0, 0.05) is 13.0 Å². The van der Waals surface area contributed by atoms with Crippen LogP contribution in [0, 0.1) is 11.8 Å². The van der Waals surface area contributed by atoms with E-state index in [4.69, 9.17) is 9.47 Å². The SMILES string of the molecule is COC(=O)C[C@H]1CCNCC[C@H]1CNC(=O)OC(C)(C)C. The Morgan fingerprint density at radius 2 is 1.81 bits per heavy atom. The van der Waals surface area contributed by atoms with Gasteiger partial charge in [0.05, 0.1) is 7.11 Å². The van der Waals surface area contributed by atoms with Crippen LogP contribution in [0.2, 0.25) is 0 Å². The lowest BCUT2D eigenvalue weighted by Gasteiger charge is -2.25. The lowest BCUT2D eigenvalue weighted by Crippen LogP contribution is -2.37. The number of methoxy groups -OCH3 is 1. The standard InChI is InChI=1S/C15H28N2O4/c1-15(2,3)21-14(19)17-10-12-6-8-16-7-5-11(12)9-13(18)20-4/h11-12,16H,5-10H2,1-4H3,(H,17,19)/t11-,12+/m1/s1. The fourth-order valence-electron chi connectivity index (χ4n) is 2.53. The Labute approximate surface area is 126 Å². The van der Waals surface area contributed by atoms with Gasteiger partial charge in [-0.05, 0) is 58.5 Å². The minimum Gasteiger partial charge on any atom is -0.469 e. The van der Waals surface area contributed by atoms with Crippen LogP contribution >= 0.6 is 0 Å². The van der Waals surface area contributed by atoms with Gasteiger partial charge >= 0.3 is 12.1 Å². The summed E-state index contributed by atoms with van der Waals surface area (Å²) < 4.78 is 10.0. The summed E-state index contributed by atoms with van der Waals surface area (Å²) >= 11 is 0. The predicted molar refractivity (Wildman–Crippen MR) is 80.0 cm³/mol. The van der Waals surface area contributed by atoms with E-state index in [9.17, 15) is 9.59 Å². The van der Waals surface area contributed by atoms with Gasteiger partial charge in [0.15, 0.2) is 0 Å². The first-order valence-corrected chi connectivity index (χ1v) is 7.56. The number of ether oxygens (including phenoxy) is 2. The van der Waals surface area contributed by atoms with Gasteiger partial charge in [-0.25, -0.2) is 4.79 Å². The smallest absolute Gasteiger partial charge is 0.407 e. The Bertz CT molecular complexity index is 352. The number of nitrogens with one attached hydrogen (secondary N) is 2. The van der Waals surface area contributed by atoms with Gasteiger partial charge in [0.1, 0.15) is 5.60 Å². The number of carbonyl (C=O) groups is 2. The lowest BCUT2D eigenvalue weighted by atomic mass is 9.85. The molecule has 122 valence electrons. The molecule has 0 unspecified atom stereocenters. The largest absolute Gasteiger partial charge is 0.469 e. The topological polar surface area (TPSA) is 76.7 Å². The van der Waals surface area contributed by atoms with E-state index in [1.54, 1.807) is 0 Å². The summed E-state index contributed by atoms with van der Waals surface area (Å²) in [6, 6.07) is 0. The number of hydrogen-bond acceptors (Lipinski definition) is 5. The molecule has 2 N–H and O–H groups in total. The first-order valence-electron chi connectivity index (χ1n) is 7.56. The Morgan fingerprint density at radius 1 is 1.19 bits per heavy atom. The van der Waals surface area contributed by atoms with Crippen molar-refractivity contribution in [3.8, 4) is 0 Å². The van der Waals surface area contributed by atoms with Crippen molar-refractivity contribution in [1.82, 2.24) is 10.6 Å². The lowest BCUT2D eigenvalue weighted by molar-refractivity contribution is -0.142. The van der Waals surface area contributed by atoms with E-state index in [0.29, 0.717) is 13.0 Å². The Morgan fingerprint density at radius 3 is 2.38 bits per heavy atom. The number of alkyl carbamates (subject to hydrolysis) is 1. The van der Waals surface area contributed by atoms with E-state index >= 15 is 0 Å². The number of esters is 1. The van der Waals surface area contributed by atoms with Crippen molar-refractivity contribution >= 4 is 12.1 Å². The highest BCUT2D eigenvalue weighted by Gasteiger charge is 2.27. The molecule has 1 rings (SSSR count). The molecule has 0 spiro atoms. The zero-order valence-corrected chi connectivity index (χ0v) is 13.5. The molecule has 0 saturated carbocycles. The highest BCUT2D eigenvalue weighted by atomic mass is 16.6. The first-order chi connectivity index (χ1) is 9.81. The Kier molecular flexibility index (Phi) is 6.95. The van der Waals surface area contributed by atoms with Crippen molar-refractivity contribution in [2.45, 2.75) is 45.6 Å². The van der Waals surface area contributed by atoms with Gasteiger partial charge in [0.25, 0.3) is 0 Å². The Balaban J connectivity index is 2.51. The van der Waals surface area contributed by atoms with Crippen molar-refractivity contribution in [2.75, 3.05) is 26.7 Å². The van der Waals surface area contributed by atoms with E-state index in [1.807, 2.05) is 20.8 Å². The number of carbonyl (C=O) groups excluding carboxylic acids is 2. The maximum atomic E-state index is 11.7. The molecule has 6 nitrogen and oxygen atoms in total. The maximum Gasteiger partial charge on any atom is 0.407 e. The summed E-state index contributed by atoms with van der Waals surface area (Å²) in [5, 5.41) is 6.15. The molecule has 0 radical (unpaired) electrons. The number of rotatable bonds is 4. The summed E-state index contributed by atoms with van der Waals surface area (Å²) in [5.41, 5.74) is -0.499. The van der Waals surface area contributed by atoms with E-state index in [0.717, 1.165) is 25.9 Å². The second-order valence-corrected chi connectivity index (χ2v) is 6.51. The molecule has 0 aromatic heterocycles. The molecule has 0 aromatic carbocycles. The highest BCUT2D eigenvalue weighted by Crippen LogP contribution is 2.25. The van der Waals surface area contributed by atoms with Gasteiger partial charge in [-0.1, -0.05) is 0 Å². The Hall–Kier alpha value is -1.30. The molecular weight excluding hydrogens is 272 g/mol. The van der Waals surface area contributed by atoms with Gasteiger partial charge < -0.3 is 20.1 Å². The third-order valence-electron chi connectivity index (χ3n) is 3.61. The fraction of sp³-hybridized carbons (Fsp3) is 0.867. The quantitative estimate of drug-likeness (QED) is 0.773. The van der Waals surface area contributed by atoms with E-state index < -0.39 is 11.7 Å². The van der Waals surface area contributed by atoms with Crippen LogP contribution in [0.5, 0.6) is 0 Å². The van der Waals surface area contributed by atoms with Crippen LogP contribution in [-0.2, 0) is 14.3 Å². The summed E-state index contributed by atoms with van der Waals surface area (Å²) in [7, 11) is 1.41. The summed E-state index contributed by atoms with van der Waals surface area (Å²) in [4.78, 5) is 23.2. The van der Waals surface area contributed by atoms with E-state index in [-0.39, 0.29) is 17.8 Å². The molecule has 0 aromatic rings. The van der Waals surface area contributed by atoms with Gasteiger partial charge in [-0.3, -0.25) is 4.79 Å². The molecular formula is C15H28N2O4. The molecule has 1 heterocycles. The van der Waals surface area contributed by atoms with Gasteiger partial charge in [-0.15, -0.1) is 0 Å². The minimum absolute atomic E-state index is 0.191. The molecule has 1 aliphatic heterocycles. The average Bonchev–Trinajstić information content (AvgIpc) is 2.59. The zero-order valence-electron chi connectivity index (χ0n) is 13.5. The van der Waals surface area contributed by atoms with E-state index in [2.05, 4.69) is 10.6 Å². The third kappa shape index (κ3) is 7.32. The second kappa shape index (κ2) is 8.22. The van der Waals surface area contributed by atoms with Crippen LogP contribution in [0.4, 0.5) is 4.79 Å². The van der Waals surface area contributed by atoms with Crippen molar-refractivity contribution in [3.05, 3.63) is 0 Å². The van der Waals surface area contributed by atoms with Gasteiger partial charge in [0.2, 0.25) is 0 Å². The monoisotopic (exact) mass is 300 g/mol. The molecule has 1 aliphatic rings. The molecule has 2 atom stereocenters. The summed E-state index contributed by atoms with van der Waals surface area (Å²) in [6.45, 7) is 7.83. The average molecular weight is 300 g/mol. The van der Waals surface area contributed by atoms with Crippen LogP contribution in [0.15, 0.2) is 0 Å².